The molecule has 0 saturated heterocycles. The highest BCUT2D eigenvalue weighted by Crippen LogP contribution is 2.18. The molecule has 0 aliphatic heterocycles. The van der Waals surface area contributed by atoms with Gasteiger partial charge in [0, 0.05) is 18.3 Å². The van der Waals surface area contributed by atoms with Crippen molar-refractivity contribution < 1.29 is 14.3 Å². The van der Waals surface area contributed by atoms with Crippen molar-refractivity contribution in [3.05, 3.63) is 59.2 Å². The van der Waals surface area contributed by atoms with Gasteiger partial charge in [0.2, 0.25) is 5.91 Å². The predicted octanol–water partition coefficient (Wildman–Crippen LogP) is 4.19. The van der Waals surface area contributed by atoms with E-state index in [9.17, 15) is 9.59 Å². The van der Waals surface area contributed by atoms with Crippen LogP contribution in [0.3, 0.4) is 0 Å². The molecule has 0 heterocycles. The zero-order chi connectivity index (χ0) is 19.8. The number of rotatable bonds is 8. The normalized spacial score (nSPS) is 10.4. The Morgan fingerprint density at radius 3 is 2.44 bits per heavy atom. The van der Waals surface area contributed by atoms with E-state index in [0.717, 1.165) is 35.4 Å². The van der Waals surface area contributed by atoms with Crippen molar-refractivity contribution >= 4 is 17.5 Å². The van der Waals surface area contributed by atoms with E-state index >= 15 is 0 Å². The zero-order valence-electron chi connectivity index (χ0n) is 16.5. The van der Waals surface area contributed by atoms with E-state index in [0.29, 0.717) is 12.2 Å². The number of nitrogens with one attached hydrogen (secondary N) is 1. The first kappa shape index (κ1) is 20.5. The number of ether oxygens (including phenoxy) is 1. The van der Waals surface area contributed by atoms with Crippen LogP contribution in [0, 0.1) is 13.8 Å². The second-order valence-electron chi connectivity index (χ2n) is 6.68. The molecule has 0 saturated carbocycles. The molecule has 5 nitrogen and oxygen atoms in total. The first-order valence-electron chi connectivity index (χ1n) is 9.26. The number of hydrogen-bond acceptors (Lipinski definition) is 3. The summed E-state index contributed by atoms with van der Waals surface area (Å²) in [6.07, 6.45) is 2.07. The Morgan fingerprint density at radius 1 is 1.07 bits per heavy atom. The Balaban J connectivity index is 1.92. The molecule has 2 rings (SSSR count). The van der Waals surface area contributed by atoms with Crippen LogP contribution in [0.25, 0.3) is 0 Å². The number of benzene rings is 2. The van der Waals surface area contributed by atoms with E-state index in [1.807, 2.05) is 32.0 Å². The summed E-state index contributed by atoms with van der Waals surface area (Å²) < 4.78 is 5.60. The molecule has 1 N–H and O–H groups in total. The van der Waals surface area contributed by atoms with Gasteiger partial charge >= 0.3 is 0 Å². The molecule has 0 spiro atoms. The Hall–Kier alpha value is -2.82. The second kappa shape index (κ2) is 9.76. The lowest BCUT2D eigenvalue weighted by atomic mass is 10.1. The summed E-state index contributed by atoms with van der Waals surface area (Å²) in [5, 5.41) is 2.87. The summed E-state index contributed by atoms with van der Waals surface area (Å²) in [5.41, 5.74) is 3.44. The third-order valence-corrected chi connectivity index (χ3v) is 4.47. The van der Waals surface area contributed by atoms with Crippen LogP contribution in [-0.4, -0.2) is 36.9 Å². The number of likely N-dealkylation sites (N-methyl/N-ethyl adjacent to an activating group) is 1. The Labute approximate surface area is 161 Å². The van der Waals surface area contributed by atoms with Crippen molar-refractivity contribution in [1.29, 1.82) is 0 Å². The van der Waals surface area contributed by atoms with Crippen LogP contribution in [0.1, 0.15) is 41.3 Å². The summed E-state index contributed by atoms with van der Waals surface area (Å²) in [5.74, 6) is 0.320. The van der Waals surface area contributed by atoms with Gasteiger partial charge in [-0.05, 0) is 61.7 Å². The Kier molecular flexibility index (Phi) is 7.41. The van der Waals surface area contributed by atoms with Crippen LogP contribution < -0.4 is 10.1 Å². The summed E-state index contributed by atoms with van der Waals surface area (Å²) in [7, 11) is 1.62. The predicted molar refractivity (Wildman–Crippen MR) is 108 cm³/mol. The van der Waals surface area contributed by atoms with Crippen LogP contribution in [-0.2, 0) is 4.79 Å². The highest BCUT2D eigenvalue weighted by Gasteiger charge is 2.16. The third-order valence-electron chi connectivity index (χ3n) is 4.47. The molecule has 144 valence electrons. The highest BCUT2D eigenvalue weighted by molar-refractivity contribution is 5.99. The van der Waals surface area contributed by atoms with E-state index < -0.39 is 0 Å². The van der Waals surface area contributed by atoms with Crippen LogP contribution in [0.5, 0.6) is 5.75 Å². The number of anilines is 1. The Morgan fingerprint density at radius 2 is 1.78 bits per heavy atom. The SMILES string of the molecule is CCCCOc1ccc(C(=O)N(C)CC(=O)Nc2cccc(C)c2C)cc1. The molecule has 0 bridgehead atoms. The van der Waals surface area contributed by atoms with Gasteiger partial charge in [0.15, 0.2) is 0 Å². The number of nitrogens with zero attached hydrogens (tertiary/aromatic N) is 1. The summed E-state index contributed by atoms with van der Waals surface area (Å²) in [6, 6.07) is 12.8. The fraction of sp³-hybridized carbons (Fsp3) is 0.364. The van der Waals surface area contributed by atoms with Gasteiger partial charge in [-0.2, -0.15) is 0 Å². The van der Waals surface area contributed by atoms with Gasteiger partial charge in [-0.15, -0.1) is 0 Å². The monoisotopic (exact) mass is 368 g/mol. The lowest BCUT2D eigenvalue weighted by molar-refractivity contribution is -0.116. The average molecular weight is 368 g/mol. The van der Waals surface area contributed by atoms with E-state index in [4.69, 9.17) is 4.74 Å². The maximum Gasteiger partial charge on any atom is 0.254 e. The van der Waals surface area contributed by atoms with Crippen LogP contribution in [0.4, 0.5) is 5.69 Å². The molecule has 2 aromatic rings. The smallest absolute Gasteiger partial charge is 0.254 e. The fourth-order valence-corrected chi connectivity index (χ4v) is 2.61. The van der Waals surface area contributed by atoms with Crippen LogP contribution in [0.2, 0.25) is 0 Å². The van der Waals surface area contributed by atoms with Gasteiger partial charge < -0.3 is 15.0 Å². The quantitative estimate of drug-likeness (QED) is 0.711. The molecule has 27 heavy (non-hydrogen) atoms. The maximum atomic E-state index is 12.5. The number of carbonyl (C=O) groups is 2. The minimum absolute atomic E-state index is 0.0129. The number of aryl methyl sites for hydroxylation is 1. The van der Waals surface area contributed by atoms with Gasteiger partial charge in [0.25, 0.3) is 5.91 Å². The molecule has 5 heteroatoms. The molecular weight excluding hydrogens is 340 g/mol. The highest BCUT2D eigenvalue weighted by atomic mass is 16.5. The van der Waals surface area contributed by atoms with Gasteiger partial charge in [-0.25, -0.2) is 0 Å². The fourth-order valence-electron chi connectivity index (χ4n) is 2.61. The molecular formula is C22H28N2O3. The van der Waals surface area contributed by atoms with Crippen molar-refractivity contribution in [3.63, 3.8) is 0 Å². The van der Waals surface area contributed by atoms with Crippen molar-refractivity contribution in [2.24, 2.45) is 0 Å². The molecule has 0 aliphatic rings. The van der Waals surface area contributed by atoms with Gasteiger partial charge in [-0.1, -0.05) is 25.5 Å². The number of hydrogen-bond donors (Lipinski definition) is 1. The minimum atomic E-state index is -0.223. The molecule has 0 fully saturated rings. The molecule has 0 radical (unpaired) electrons. The van der Waals surface area contributed by atoms with Crippen molar-refractivity contribution in [2.75, 3.05) is 25.5 Å². The average Bonchev–Trinajstić information content (AvgIpc) is 2.65. The molecule has 2 amide bonds. The van der Waals surface area contributed by atoms with Gasteiger partial charge in [-0.3, -0.25) is 9.59 Å². The second-order valence-corrected chi connectivity index (χ2v) is 6.68. The zero-order valence-corrected chi connectivity index (χ0v) is 16.5. The van der Waals surface area contributed by atoms with Crippen LogP contribution in [0.15, 0.2) is 42.5 Å². The molecule has 0 atom stereocenters. The summed E-state index contributed by atoms with van der Waals surface area (Å²) >= 11 is 0. The first-order valence-corrected chi connectivity index (χ1v) is 9.26. The third kappa shape index (κ3) is 5.84. The lowest BCUT2D eigenvalue weighted by Gasteiger charge is -2.18. The maximum absolute atomic E-state index is 12.5. The largest absolute Gasteiger partial charge is 0.494 e. The molecule has 2 aromatic carbocycles. The minimum Gasteiger partial charge on any atom is -0.494 e. The number of unbranched alkanes of at least 4 members (excludes halogenated alkanes) is 1. The van der Waals surface area contributed by atoms with Gasteiger partial charge in [0.05, 0.1) is 13.2 Å². The van der Waals surface area contributed by atoms with Crippen molar-refractivity contribution in [3.8, 4) is 5.75 Å². The Bertz CT molecular complexity index is 785. The van der Waals surface area contributed by atoms with Crippen molar-refractivity contribution in [1.82, 2.24) is 4.90 Å². The first-order chi connectivity index (χ1) is 12.9. The molecule has 0 aliphatic carbocycles. The van der Waals surface area contributed by atoms with Crippen LogP contribution >= 0.6 is 0 Å². The van der Waals surface area contributed by atoms with Gasteiger partial charge in [0.1, 0.15) is 5.75 Å². The molecule has 0 aromatic heterocycles. The van der Waals surface area contributed by atoms with E-state index in [-0.39, 0.29) is 18.4 Å². The number of amides is 2. The summed E-state index contributed by atoms with van der Waals surface area (Å²) in [6.45, 7) is 6.72. The molecule has 0 unspecified atom stereocenters. The van der Waals surface area contributed by atoms with E-state index in [2.05, 4.69) is 12.2 Å². The van der Waals surface area contributed by atoms with E-state index in [1.54, 1.807) is 31.3 Å². The van der Waals surface area contributed by atoms with Crippen molar-refractivity contribution in [2.45, 2.75) is 33.6 Å². The topological polar surface area (TPSA) is 58.6 Å². The van der Waals surface area contributed by atoms with E-state index in [1.165, 1.54) is 4.90 Å². The summed E-state index contributed by atoms with van der Waals surface area (Å²) in [4.78, 5) is 26.2. The standard InChI is InChI=1S/C22H28N2O3/c1-5-6-14-27-19-12-10-18(11-13-19)22(26)24(4)15-21(25)23-20-9-7-8-16(2)17(20)3/h7-13H,5-6,14-15H2,1-4H3,(H,23,25). The number of carbonyl (C=O) groups excluding carboxylic acids is 2. The lowest BCUT2D eigenvalue weighted by Crippen LogP contribution is -2.35.